The van der Waals surface area contributed by atoms with E-state index in [0.717, 1.165) is 6.07 Å². The summed E-state index contributed by atoms with van der Waals surface area (Å²) < 4.78 is 73.5. The zero-order valence-electron chi connectivity index (χ0n) is 19.9. The number of carbonyl (C=O) groups is 1. The fourth-order valence-corrected chi connectivity index (χ4v) is 4.32. The number of aliphatic hydroxyl groups excluding tert-OH is 1. The van der Waals surface area contributed by atoms with Gasteiger partial charge in [0.15, 0.2) is 0 Å². The number of aliphatic hydroxyl groups is 1. The zero-order valence-corrected chi connectivity index (χ0v) is 21.5. The summed E-state index contributed by atoms with van der Waals surface area (Å²) in [6, 6.07) is 5.13. The lowest BCUT2D eigenvalue weighted by atomic mass is 10.1. The van der Waals surface area contributed by atoms with Crippen molar-refractivity contribution in [3.8, 4) is 5.75 Å². The van der Waals surface area contributed by atoms with Crippen LogP contribution in [0.3, 0.4) is 0 Å². The lowest BCUT2D eigenvalue weighted by Gasteiger charge is -2.35. The molecule has 1 fully saturated rings. The Morgan fingerprint density at radius 1 is 1.05 bits per heavy atom. The maximum atomic E-state index is 13.9. The van der Waals surface area contributed by atoms with Crippen molar-refractivity contribution in [2.75, 3.05) is 39.3 Å². The average molecular weight is 595 g/mol. The van der Waals surface area contributed by atoms with Crippen LogP contribution in [0.25, 0.3) is 10.9 Å². The number of carbonyl (C=O) groups excluding carboxylic acids is 1. The SMILES string of the molecule is O=C(NN1CCN(C[C@@H](O)COc2ccc(Cl)c(F)c2)CC1)c1cn(C(F)(F)F)c2cc(Cl)c(F)cc2c1=O. The van der Waals surface area contributed by atoms with Gasteiger partial charge in [0.25, 0.3) is 5.91 Å². The van der Waals surface area contributed by atoms with E-state index in [2.05, 4.69) is 5.43 Å². The average Bonchev–Trinajstić information content (AvgIpc) is 2.86. The number of halogens is 7. The highest BCUT2D eigenvalue weighted by molar-refractivity contribution is 6.31. The van der Waals surface area contributed by atoms with Gasteiger partial charge in [0.05, 0.1) is 15.6 Å². The minimum absolute atomic E-state index is 0.0571. The summed E-state index contributed by atoms with van der Waals surface area (Å²) in [7, 11) is 0. The molecule has 8 nitrogen and oxygen atoms in total. The monoisotopic (exact) mass is 594 g/mol. The van der Waals surface area contributed by atoms with Crippen molar-refractivity contribution >= 4 is 40.0 Å². The maximum absolute atomic E-state index is 13.9. The number of alkyl halides is 3. The Bertz CT molecular complexity index is 1440. The lowest BCUT2D eigenvalue weighted by Crippen LogP contribution is -2.55. The Balaban J connectivity index is 1.37. The number of nitrogens with zero attached hydrogens (tertiary/aromatic N) is 3. The molecule has 1 saturated heterocycles. The van der Waals surface area contributed by atoms with E-state index in [9.17, 15) is 36.6 Å². The molecule has 3 aromatic rings. The van der Waals surface area contributed by atoms with Crippen LogP contribution < -0.4 is 15.6 Å². The topological polar surface area (TPSA) is 87.0 Å². The predicted molar refractivity (Wildman–Crippen MR) is 133 cm³/mol. The minimum Gasteiger partial charge on any atom is -0.491 e. The van der Waals surface area contributed by atoms with E-state index in [0.29, 0.717) is 31.4 Å². The number of ether oxygens (including phenoxy) is 1. The first-order valence-electron chi connectivity index (χ1n) is 11.5. The fourth-order valence-electron chi connectivity index (χ4n) is 4.05. The van der Waals surface area contributed by atoms with Gasteiger partial charge in [0, 0.05) is 50.4 Å². The van der Waals surface area contributed by atoms with Gasteiger partial charge in [0.1, 0.15) is 35.7 Å². The van der Waals surface area contributed by atoms with E-state index in [1.54, 1.807) is 0 Å². The van der Waals surface area contributed by atoms with Gasteiger partial charge in [-0.05, 0) is 24.3 Å². The highest BCUT2D eigenvalue weighted by Crippen LogP contribution is 2.29. The Morgan fingerprint density at radius 3 is 2.36 bits per heavy atom. The van der Waals surface area contributed by atoms with Gasteiger partial charge in [-0.3, -0.25) is 24.5 Å². The maximum Gasteiger partial charge on any atom is 0.488 e. The second-order valence-corrected chi connectivity index (χ2v) is 9.58. The molecule has 2 N–H and O–H groups in total. The summed E-state index contributed by atoms with van der Waals surface area (Å²) >= 11 is 11.2. The molecule has 0 radical (unpaired) electrons. The molecule has 0 aliphatic carbocycles. The first-order valence-corrected chi connectivity index (χ1v) is 12.2. The number of hydrogen-bond donors (Lipinski definition) is 2. The first kappa shape index (κ1) is 29.0. The van der Waals surface area contributed by atoms with Crippen LogP contribution >= 0.6 is 23.2 Å². The minimum atomic E-state index is -5.01. The first-order chi connectivity index (χ1) is 18.3. The largest absolute Gasteiger partial charge is 0.491 e. The molecule has 1 amide bonds. The number of hydrazine groups is 1. The third-order valence-corrected chi connectivity index (χ3v) is 6.59. The number of benzene rings is 2. The van der Waals surface area contributed by atoms with Crippen molar-refractivity contribution in [1.29, 1.82) is 0 Å². The van der Waals surface area contributed by atoms with E-state index in [4.69, 9.17) is 27.9 Å². The summed E-state index contributed by atoms with van der Waals surface area (Å²) in [6.07, 6.45) is -5.58. The number of amides is 1. The molecule has 0 bridgehead atoms. The molecule has 210 valence electrons. The van der Waals surface area contributed by atoms with Crippen molar-refractivity contribution in [3.63, 3.8) is 0 Å². The molecule has 39 heavy (non-hydrogen) atoms. The number of pyridine rings is 1. The van der Waals surface area contributed by atoms with E-state index < -0.39 is 56.9 Å². The third-order valence-electron chi connectivity index (χ3n) is 6.00. The van der Waals surface area contributed by atoms with Gasteiger partial charge in [0.2, 0.25) is 5.43 Å². The molecule has 1 atom stereocenters. The number of nitrogens with one attached hydrogen (secondary N) is 1. The Morgan fingerprint density at radius 2 is 1.72 bits per heavy atom. The molecule has 0 saturated carbocycles. The number of hydrogen-bond acceptors (Lipinski definition) is 6. The van der Waals surface area contributed by atoms with E-state index in [-0.39, 0.29) is 41.6 Å². The molecule has 15 heteroatoms. The Hall–Kier alpha value is -2.97. The van der Waals surface area contributed by atoms with Crippen LogP contribution in [-0.4, -0.2) is 70.9 Å². The standard InChI is InChI=1S/C24H21Cl2F5N4O4/c25-17-2-1-14(7-19(17)27)39-12-13(36)10-33-3-5-34(6-4-33)32-23(38)16-11-35(24(29,30)31)21-9-18(26)20(28)8-15(21)22(16)37/h1-2,7-9,11,13,36H,3-6,10,12H2,(H,32,38)/t13-/m1/s1. The van der Waals surface area contributed by atoms with Gasteiger partial charge in [-0.15, -0.1) is 13.2 Å². The third kappa shape index (κ3) is 6.79. The lowest BCUT2D eigenvalue weighted by molar-refractivity contribution is -0.201. The van der Waals surface area contributed by atoms with Crippen LogP contribution in [0.5, 0.6) is 5.75 Å². The smallest absolute Gasteiger partial charge is 0.488 e. The molecule has 1 aliphatic heterocycles. The number of β-amino-alcohol motifs (C(OH)–C–C–N with tert-alkyl or cyclic N) is 1. The van der Waals surface area contributed by atoms with Crippen LogP contribution in [0, 0.1) is 11.6 Å². The van der Waals surface area contributed by atoms with Crippen LogP contribution in [-0.2, 0) is 6.30 Å². The second-order valence-electron chi connectivity index (χ2n) is 8.76. The molecule has 1 aromatic heterocycles. The molecule has 1 aliphatic rings. The summed E-state index contributed by atoms with van der Waals surface area (Å²) in [6.45, 7) is 1.27. The van der Waals surface area contributed by atoms with Gasteiger partial charge >= 0.3 is 6.30 Å². The van der Waals surface area contributed by atoms with Crippen molar-refractivity contribution in [3.05, 3.63) is 74.0 Å². The molecular weight excluding hydrogens is 574 g/mol. The Labute approximate surface area is 228 Å². The summed E-state index contributed by atoms with van der Waals surface area (Å²) in [5, 5.41) is 10.4. The van der Waals surface area contributed by atoms with Crippen LogP contribution in [0.4, 0.5) is 22.0 Å². The summed E-state index contributed by atoms with van der Waals surface area (Å²) in [4.78, 5) is 27.4. The molecular formula is C24H21Cl2F5N4O4. The van der Waals surface area contributed by atoms with E-state index in [1.807, 2.05) is 4.90 Å². The normalized spacial score (nSPS) is 15.9. The molecule has 2 aromatic carbocycles. The number of aromatic nitrogens is 1. The molecule has 0 unspecified atom stereocenters. The van der Waals surface area contributed by atoms with Crippen molar-refractivity contribution in [1.82, 2.24) is 19.9 Å². The molecule has 2 heterocycles. The number of piperazine rings is 1. The zero-order chi connectivity index (χ0) is 28.5. The molecule has 4 rings (SSSR count). The van der Waals surface area contributed by atoms with Crippen LogP contribution in [0.1, 0.15) is 10.4 Å². The predicted octanol–water partition coefficient (Wildman–Crippen LogP) is 3.77. The summed E-state index contributed by atoms with van der Waals surface area (Å²) in [5.41, 5.74) is -0.184. The van der Waals surface area contributed by atoms with Gasteiger partial charge in [-0.2, -0.15) is 0 Å². The van der Waals surface area contributed by atoms with Gasteiger partial charge in [-0.25, -0.2) is 13.8 Å². The summed E-state index contributed by atoms with van der Waals surface area (Å²) in [5.74, 6) is -2.64. The van der Waals surface area contributed by atoms with E-state index >= 15 is 0 Å². The number of fused-ring (bicyclic) bond motifs is 1. The fraction of sp³-hybridized carbons (Fsp3) is 0.333. The number of rotatable bonds is 7. The van der Waals surface area contributed by atoms with E-state index in [1.165, 1.54) is 17.1 Å². The highest BCUT2D eigenvalue weighted by atomic mass is 35.5. The Kier molecular flexibility index (Phi) is 8.66. The van der Waals surface area contributed by atoms with Crippen LogP contribution in [0.15, 0.2) is 41.3 Å². The van der Waals surface area contributed by atoms with Crippen LogP contribution in [0.2, 0.25) is 10.0 Å². The van der Waals surface area contributed by atoms with Crippen molar-refractivity contribution < 1.29 is 36.6 Å². The van der Waals surface area contributed by atoms with Crippen molar-refractivity contribution in [2.24, 2.45) is 0 Å². The molecule has 0 spiro atoms. The van der Waals surface area contributed by atoms with Gasteiger partial charge in [-0.1, -0.05) is 23.2 Å². The quantitative estimate of drug-likeness (QED) is 0.405. The second kappa shape index (κ2) is 11.6. The van der Waals surface area contributed by atoms with Crippen molar-refractivity contribution in [2.45, 2.75) is 12.4 Å². The highest BCUT2D eigenvalue weighted by Gasteiger charge is 2.34. The van der Waals surface area contributed by atoms with Gasteiger partial charge < -0.3 is 9.84 Å².